The molecule has 0 fully saturated rings. The second-order valence-electron chi connectivity index (χ2n) is 4.84. The molecule has 0 radical (unpaired) electrons. The van der Waals surface area contributed by atoms with Crippen LogP contribution in [-0.2, 0) is 6.42 Å². The highest BCUT2D eigenvalue weighted by atomic mass is 16.5. The fraction of sp³-hybridized carbons (Fsp3) is 0.167. The molecule has 20 heavy (non-hydrogen) atoms. The molecule has 100 valence electrons. The summed E-state index contributed by atoms with van der Waals surface area (Å²) < 4.78 is 5.49. The molecule has 2 heteroatoms. The smallest absolute Gasteiger partial charge is 0.189 e. The number of ketones is 1. The summed E-state index contributed by atoms with van der Waals surface area (Å²) in [5, 5.41) is 0. The molecule has 1 aliphatic carbocycles. The minimum Gasteiger partial charge on any atom is -0.494 e. The van der Waals surface area contributed by atoms with Gasteiger partial charge in [-0.05, 0) is 36.3 Å². The van der Waals surface area contributed by atoms with E-state index < -0.39 is 0 Å². The third-order valence-electron chi connectivity index (χ3n) is 3.44. The summed E-state index contributed by atoms with van der Waals surface area (Å²) in [6, 6.07) is 15.6. The van der Waals surface area contributed by atoms with Gasteiger partial charge < -0.3 is 4.74 Å². The summed E-state index contributed by atoms with van der Waals surface area (Å²) in [5.74, 6) is 0.979. The van der Waals surface area contributed by atoms with E-state index in [-0.39, 0.29) is 5.78 Å². The van der Waals surface area contributed by atoms with E-state index in [0.29, 0.717) is 13.0 Å². The van der Waals surface area contributed by atoms with Gasteiger partial charge >= 0.3 is 0 Å². The molecule has 1 aliphatic rings. The van der Waals surface area contributed by atoms with Crippen molar-refractivity contribution in [1.29, 1.82) is 0 Å². The van der Waals surface area contributed by atoms with Crippen LogP contribution >= 0.6 is 0 Å². The van der Waals surface area contributed by atoms with E-state index in [9.17, 15) is 4.79 Å². The molecule has 0 saturated heterocycles. The monoisotopic (exact) mass is 264 g/mol. The van der Waals surface area contributed by atoms with Crippen molar-refractivity contribution in [1.82, 2.24) is 0 Å². The fourth-order valence-corrected chi connectivity index (χ4v) is 2.53. The molecule has 0 aromatic heterocycles. The molecular weight excluding hydrogens is 248 g/mol. The van der Waals surface area contributed by atoms with E-state index in [2.05, 4.69) is 0 Å². The molecule has 0 bridgehead atoms. The molecule has 2 nitrogen and oxygen atoms in total. The summed E-state index contributed by atoms with van der Waals surface area (Å²) in [7, 11) is 0. The van der Waals surface area contributed by atoms with E-state index in [0.717, 1.165) is 28.0 Å². The van der Waals surface area contributed by atoms with Gasteiger partial charge in [0.1, 0.15) is 5.75 Å². The van der Waals surface area contributed by atoms with Crippen LogP contribution in [0.1, 0.15) is 28.4 Å². The normalized spacial score (nSPS) is 15.4. The van der Waals surface area contributed by atoms with Crippen molar-refractivity contribution in [3.05, 3.63) is 70.8 Å². The van der Waals surface area contributed by atoms with Crippen molar-refractivity contribution < 1.29 is 9.53 Å². The number of Topliss-reactive ketones (excluding diaryl/α,β-unsaturated/α-hetero) is 1. The summed E-state index contributed by atoms with van der Waals surface area (Å²) >= 11 is 0. The Bertz CT molecular complexity index is 683. The van der Waals surface area contributed by atoms with E-state index >= 15 is 0 Å². The highest BCUT2D eigenvalue weighted by Gasteiger charge is 2.23. The van der Waals surface area contributed by atoms with Crippen LogP contribution in [0.15, 0.2) is 54.1 Å². The zero-order valence-corrected chi connectivity index (χ0v) is 11.4. The average molecular weight is 264 g/mol. The van der Waals surface area contributed by atoms with Crippen molar-refractivity contribution in [2.45, 2.75) is 13.3 Å². The lowest BCUT2D eigenvalue weighted by Gasteiger charge is -2.03. The summed E-state index contributed by atoms with van der Waals surface area (Å²) in [5.41, 5.74) is 3.80. The zero-order valence-electron chi connectivity index (χ0n) is 11.4. The van der Waals surface area contributed by atoms with Gasteiger partial charge in [-0.3, -0.25) is 4.79 Å². The molecule has 0 heterocycles. The second kappa shape index (κ2) is 5.33. The summed E-state index contributed by atoms with van der Waals surface area (Å²) in [6.45, 7) is 2.60. The maximum Gasteiger partial charge on any atom is 0.189 e. The van der Waals surface area contributed by atoms with Crippen LogP contribution in [0.3, 0.4) is 0 Å². The first-order chi connectivity index (χ1) is 9.78. The number of allylic oxidation sites excluding steroid dienone is 1. The van der Waals surface area contributed by atoms with Crippen LogP contribution in [-0.4, -0.2) is 12.4 Å². The highest BCUT2D eigenvalue weighted by molar-refractivity contribution is 6.15. The van der Waals surface area contributed by atoms with E-state index in [4.69, 9.17) is 4.74 Å². The molecule has 0 unspecified atom stereocenters. The number of hydrogen-bond acceptors (Lipinski definition) is 2. The van der Waals surface area contributed by atoms with Crippen molar-refractivity contribution >= 4 is 11.9 Å². The number of carbonyl (C=O) groups excluding carboxylic acids is 1. The Hall–Kier alpha value is -2.35. The van der Waals surface area contributed by atoms with Gasteiger partial charge in [-0.15, -0.1) is 0 Å². The number of fused-ring (bicyclic) bond motifs is 1. The molecular formula is C18H16O2. The van der Waals surface area contributed by atoms with E-state index in [1.54, 1.807) is 0 Å². The first kappa shape index (κ1) is 12.7. The van der Waals surface area contributed by atoms with Crippen molar-refractivity contribution in [2.24, 2.45) is 0 Å². The van der Waals surface area contributed by atoms with Crippen molar-refractivity contribution in [2.75, 3.05) is 6.61 Å². The topological polar surface area (TPSA) is 26.3 Å². The Kier molecular flexibility index (Phi) is 3.38. The van der Waals surface area contributed by atoms with Gasteiger partial charge in [-0.25, -0.2) is 0 Å². The molecule has 0 atom stereocenters. The standard InChI is InChI=1S/C18H16O2/c1-2-20-16-8-5-6-13(11-16)10-15-12-14-7-3-4-9-17(14)18(15)19/h3-11H,2,12H2,1H3/b15-10-. The first-order valence-corrected chi connectivity index (χ1v) is 6.84. The Balaban J connectivity index is 1.91. The van der Waals surface area contributed by atoms with Gasteiger partial charge in [-0.1, -0.05) is 36.4 Å². The Morgan fingerprint density at radius 3 is 2.80 bits per heavy atom. The largest absolute Gasteiger partial charge is 0.494 e. The third-order valence-corrected chi connectivity index (χ3v) is 3.44. The van der Waals surface area contributed by atoms with Crippen molar-refractivity contribution in [3.63, 3.8) is 0 Å². The molecule has 2 aromatic rings. The molecule has 2 aromatic carbocycles. The minimum atomic E-state index is 0.141. The lowest BCUT2D eigenvalue weighted by molar-refractivity contribution is 0.104. The van der Waals surface area contributed by atoms with Gasteiger partial charge in [0.2, 0.25) is 0 Å². The average Bonchev–Trinajstić information content (AvgIpc) is 2.77. The van der Waals surface area contributed by atoms with Crippen LogP contribution < -0.4 is 4.74 Å². The predicted molar refractivity (Wildman–Crippen MR) is 80.1 cm³/mol. The first-order valence-electron chi connectivity index (χ1n) is 6.84. The summed E-state index contributed by atoms with van der Waals surface area (Å²) in [6.07, 6.45) is 2.68. The Labute approximate surface area is 118 Å². The third kappa shape index (κ3) is 2.37. The lowest BCUT2D eigenvalue weighted by Crippen LogP contribution is -1.95. The maximum atomic E-state index is 12.3. The van der Waals surface area contributed by atoms with Crippen LogP contribution in [0.5, 0.6) is 5.75 Å². The second-order valence-corrected chi connectivity index (χ2v) is 4.84. The maximum absolute atomic E-state index is 12.3. The van der Waals surface area contributed by atoms with Crippen LogP contribution in [0.4, 0.5) is 0 Å². The highest BCUT2D eigenvalue weighted by Crippen LogP contribution is 2.28. The predicted octanol–water partition coefficient (Wildman–Crippen LogP) is 3.91. The number of benzene rings is 2. The number of hydrogen-bond donors (Lipinski definition) is 0. The molecule has 0 saturated carbocycles. The number of ether oxygens (including phenoxy) is 1. The van der Waals surface area contributed by atoms with Gasteiger partial charge in [0, 0.05) is 17.6 Å². The Morgan fingerprint density at radius 1 is 1.15 bits per heavy atom. The molecule has 0 aliphatic heterocycles. The van der Waals surface area contributed by atoms with Crippen molar-refractivity contribution in [3.8, 4) is 5.75 Å². The van der Waals surface area contributed by atoms with E-state index in [1.165, 1.54) is 0 Å². The summed E-state index contributed by atoms with van der Waals surface area (Å²) in [4.78, 5) is 12.3. The molecule has 0 amide bonds. The van der Waals surface area contributed by atoms with Gasteiger partial charge in [0.15, 0.2) is 5.78 Å². The number of carbonyl (C=O) groups is 1. The van der Waals surface area contributed by atoms with Crippen LogP contribution in [0, 0.1) is 0 Å². The van der Waals surface area contributed by atoms with Gasteiger partial charge in [-0.2, -0.15) is 0 Å². The quantitative estimate of drug-likeness (QED) is 0.786. The molecule has 0 N–H and O–H groups in total. The van der Waals surface area contributed by atoms with Crippen LogP contribution in [0.25, 0.3) is 6.08 Å². The van der Waals surface area contributed by atoms with Gasteiger partial charge in [0.25, 0.3) is 0 Å². The van der Waals surface area contributed by atoms with E-state index in [1.807, 2.05) is 61.5 Å². The zero-order chi connectivity index (χ0) is 13.9. The lowest BCUT2D eigenvalue weighted by atomic mass is 10.1. The Morgan fingerprint density at radius 2 is 2.00 bits per heavy atom. The SMILES string of the molecule is CCOc1cccc(/C=C2/Cc3ccccc3C2=O)c1. The van der Waals surface area contributed by atoms with Gasteiger partial charge in [0.05, 0.1) is 6.61 Å². The number of rotatable bonds is 3. The molecule has 3 rings (SSSR count). The minimum absolute atomic E-state index is 0.141. The van der Waals surface area contributed by atoms with Crippen LogP contribution in [0.2, 0.25) is 0 Å². The molecule has 0 spiro atoms. The fourth-order valence-electron chi connectivity index (χ4n) is 2.53.